The molecule has 0 saturated heterocycles. The maximum Gasteiger partial charge on any atom is 0.417 e. The van der Waals surface area contributed by atoms with Gasteiger partial charge in [-0.05, 0) is 61.1 Å². The van der Waals surface area contributed by atoms with Crippen molar-refractivity contribution in [3.8, 4) is 0 Å². The predicted octanol–water partition coefficient (Wildman–Crippen LogP) is 6.43. The molecule has 3 N–H and O–H groups in total. The molecule has 0 radical (unpaired) electrons. The number of guanidine groups is 1. The Hall–Kier alpha value is -4.76. The lowest BCUT2D eigenvalue weighted by molar-refractivity contribution is -0.139. The van der Waals surface area contributed by atoms with Crippen molar-refractivity contribution in [2.45, 2.75) is 88.5 Å². The summed E-state index contributed by atoms with van der Waals surface area (Å²) in [4.78, 5) is 42.8. The summed E-state index contributed by atoms with van der Waals surface area (Å²) in [5.41, 5.74) is 3.66. The topological polar surface area (TPSA) is 117 Å². The van der Waals surface area contributed by atoms with E-state index in [0.29, 0.717) is 17.2 Å². The maximum absolute atomic E-state index is 14.2. The van der Waals surface area contributed by atoms with Crippen molar-refractivity contribution >= 4 is 23.7 Å². The molecule has 3 aromatic rings. The maximum atomic E-state index is 14.2. The Balaban J connectivity index is 1.25. The zero-order valence-electron chi connectivity index (χ0n) is 26.0. The molecule has 16 heteroatoms. The Morgan fingerprint density at radius 1 is 1.02 bits per heavy atom. The standard InChI is InChI=1S/C33H32F7N7O2/c34-22-9-7-21(8-10-22)31(12-3-13-32(35,36)37)28(49)47(29(41)45-31)16-19-6-11-25(33(38,39)40)24(14-19)27(48)46-17-20-15-42-30(44-26(20)18-46)43-23-4-1-2-5-23/h6-11,14-15,23H,1-5,12-13,16-18H2,(H2,41,45)(H,42,43,44)/t31-/m1/s1. The third-order valence-electron chi connectivity index (χ3n) is 9.09. The van der Waals surface area contributed by atoms with Crippen LogP contribution in [-0.2, 0) is 36.1 Å². The molecule has 0 unspecified atom stereocenters. The van der Waals surface area contributed by atoms with E-state index in [1.54, 1.807) is 6.20 Å². The SMILES string of the molecule is NC1=N[C@](CCCC(F)(F)F)(c2ccc(F)cc2)C(=O)N1Cc1ccc(C(F)(F)F)c(C(=O)N2Cc3cnc(NC4CCCC4)nc3C2)c1. The van der Waals surface area contributed by atoms with Crippen LogP contribution in [0.5, 0.6) is 0 Å². The fourth-order valence-electron chi connectivity index (χ4n) is 6.64. The lowest BCUT2D eigenvalue weighted by Crippen LogP contribution is -2.42. The summed E-state index contributed by atoms with van der Waals surface area (Å²) < 4.78 is 95.3. The van der Waals surface area contributed by atoms with Crippen LogP contribution in [0.15, 0.2) is 53.7 Å². The van der Waals surface area contributed by atoms with Gasteiger partial charge in [-0.25, -0.2) is 19.4 Å². The Bertz CT molecular complexity index is 1770. The molecule has 1 fully saturated rings. The number of rotatable bonds is 9. The van der Waals surface area contributed by atoms with Crippen molar-refractivity contribution in [2.75, 3.05) is 5.32 Å². The Kier molecular flexibility index (Phi) is 9.00. The minimum atomic E-state index is -4.89. The lowest BCUT2D eigenvalue weighted by Gasteiger charge is -2.27. The van der Waals surface area contributed by atoms with Crippen LogP contribution in [0.1, 0.15) is 83.3 Å². The normalized spacial score (nSPS) is 19.8. The summed E-state index contributed by atoms with van der Waals surface area (Å²) >= 11 is 0. The minimum absolute atomic E-state index is 0.0122. The first-order chi connectivity index (χ1) is 23.1. The molecule has 3 aliphatic rings. The molecule has 0 bridgehead atoms. The molecular weight excluding hydrogens is 659 g/mol. The Morgan fingerprint density at radius 2 is 1.73 bits per heavy atom. The van der Waals surface area contributed by atoms with Gasteiger partial charge in [-0.2, -0.15) is 26.3 Å². The van der Waals surface area contributed by atoms with Gasteiger partial charge in [0.15, 0.2) is 11.5 Å². The van der Waals surface area contributed by atoms with Crippen molar-refractivity contribution in [2.24, 2.45) is 10.7 Å². The second-order valence-electron chi connectivity index (χ2n) is 12.5. The number of anilines is 1. The van der Waals surface area contributed by atoms with Gasteiger partial charge >= 0.3 is 12.4 Å². The summed E-state index contributed by atoms with van der Waals surface area (Å²) in [6.45, 7) is -0.488. The quantitative estimate of drug-likeness (QED) is 0.250. The number of aliphatic imine (C=N–C) groups is 1. The fraction of sp³-hybridized carbons (Fsp3) is 0.424. The summed E-state index contributed by atoms with van der Waals surface area (Å²) in [6.07, 6.45) is -5.85. The average Bonchev–Trinajstić information content (AvgIpc) is 3.76. The van der Waals surface area contributed by atoms with E-state index >= 15 is 0 Å². The van der Waals surface area contributed by atoms with Crippen LogP contribution in [0.3, 0.4) is 0 Å². The van der Waals surface area contributed by atoms with Gasteiger partial charge < -0.3 is 16.0 Å². The summed E-state index contributed by atoms with van der Waals surface area (Å²) in [6, 6.07) is 7.60. The zero-order valence-corrected chi connectivity index (χ0v) is 26.0. The Labute approximate surface area is 276 Å². The van der Waals surface area contributed by atoms with E-state index in [1.165, 1.54) is 17.0 Å². The molecule has 2 aromatic carbocycles. The molecule has 1 aromatic heterocycles. The van der Waals surface area contributed by atoms with Crippen molar-refractivity contribution in [3.63, 3.8) is 0 Å². The number of carbonyl (C=O) groups is 2. The molecule has 1 aliphatic carbocycles. The largest absolute Gasteiger partial charge is 0.417 e. The molecule has 6 rings (SSSR count). The average molecular weight is 692 g/mol. The van der Waals surface area contributed by atoms with Crippen LogP contribution >= 0.6 is 0 Å². The smallest absolute Gasteiger partial charge is 0.369 e. The van der Waals surface area contributed by atoms with Crippen molar-refractivity contribution < 1.29 is 40.3 Å². The van der Waals surface area contributed by atoms with E-state index in [-0.39, 0.29) is 36.2 Å². The van der Waals surface area contributed by atoms with Gasteiger partial charge in [-0.15, -0.1) is 0 Å². The third kappa shape index (κ3) is 7.17. The number of nitrogens with one attached hydrogen (secondary N) is 1. The predicted molar refractivity (Wildman–Crippen MR) is 163 cm³/mol. The third-order valence-corrected chi connectivity index (χ3v) is 9.09. The highest BCUT2D eigenvalue weighted by atomic mass is 19.4. The number of carbonyl (C=O) groups excluding carboxylic acids is 2. The zero-order chi connectivity index (χ0) is 35.1. The Morgan fingerprint density at radius 3 is 2.41 bits per heavy atom. The van der Waals surface area contributed by atoms with Crippen LogP contribution in [0.25, 0.3) is 0 Å². The van der Waals surface area contributed by atoms with Crippen LogP contribution in [-0.4, -0.2) is 49.8 Å². The molecule has 1 atom stereocenters. The van der Waals surface area contributed by atoms with Gasteiger partial charge in [0.1, 0.15) is 5.82 Å². The molecule has 0 spiro atoms. The van der Waals surface area contributed by atoms with E-state index < -0.39 is 72.5 Å². The summed E-state index contributed by atoms with van der Waals surface area (Å²) in [5.74, 6) is -2.39. The van der Waals surface area contributed by atoms with E-state index in [0.717, 1.165) is 60.9 Å². The highest BCUT2D eigenvalue weighted by Crippen LogP contribution is 2.40. The first kappa shape index (κ1) is 34.1. The first-order valence-corrected chi connectivity index (χ1v) is 15.7. The highest BCUT2D eigenvalue weighted by molar-refractivity contribution is 6.07. The van der Waals surface area contributed by atoms with Gasteiger partial charge in [0.2, 0.25) is 5.95 Å². The molecule has 49 heavy (non-hydrogen) atoms. The van der Waals surface area contributed by atoms with Crippen LogP contribution in [0, 0.1) is 5.82 Å². The molecule has 260 valence electrons. The van der Waals surface area contributed by atoms with Crippen LogP contribution in [0.4, 0.5) is 36.7 Å². The molecular formula is C33H32F7N7O2. The molecule has 1 saturated carbocycles. The van der Waals surface area contributed by atoms with Crippen LogP contribution in [0.2, 0.25) is 0 Å². The van der Waals surface area contributed by atoms with Crippen molar-refractivity contribution in [1.29, 1.82) is 0 Å². The second kappa shape index (κ2) is 12.9. The number of hydrogen-bond donors (Lipinski definition) is 2. The van der Waals surface area contributed by atoms with Crippen LogP contribution < -0.4 is 11.1 Å². The minimum Gasteiger partial charge on any atom is -0.369 e. The number of fused-ring (bicyclic) bond motifs is 1. The monoisotopic (exact) mass is 691 g/mol. The lowest BCUT2D eigenvalue weighted by atomic mass is 9.84. The number of halogens is 7. The highest BCUT2D eigenvalue weighted by Gasteiger charge is 2.49. The summed E-state index contributed by atoms with van der Waals surface area (Å²) in [5, 5.41) is 3.27. The van der Waals surface area contributed by atoms with Crippen molar-refractivity contribution in [1.82, 2.24) is 19.8 Å². The number of nitrogens with two attached hydrogens (primary N) is 1. The molecule has 9 nitrogen and oxygen atoms in total. The summed E-state index contributed by atoms with van der Waals surface area (Å²) in [7, 11) is 0. The number of hydrogen-bond acceptors (Lipinski definition) is 7. The van der Waals surface area contributed by atoms with E-state index in [9.17, 15) is 40.3 Å². The van der Waals surface area contributed by atoms with Gasteiger partial charge in [-0.1, -0.05) is 31.0 Å². The molecule has 3 heterocycles. The van der Waals surface area contributed by atoms with E-state index in [2.05, 4.69) is 20.3 Å². The number of aromatic nitrogens is 2. The van der Waals surface area contributed by atoms with Gasteiger partial charge in [0.25, 0.3) is 11.8 Å². The number of nitrogens with zero attached hydrogens (tertiary/aromatic N) is 5. The first-order valence-electron chi connectivity index (χ1n) is 15.7. The van der Waals surface area contributed by atoms with Crippen molar-refractivity contribution in [3.05, 3.63) is 88.0 Å². The number of alkyl halides is 6. The number of benzene rings is 2. The van der Waals surface area contributed by atoms with Gasteiger partial charge in [0, 0.05) is 30.8 Å². The van der Waals surface area contributed by atoms with E-state index in [4.69, 9.17) is 5.73 Å². The molecule has 2 amide bonds. The number of amides is 2. The van der Waals surface area contributed by atoms with Gasteiger partial charge in [0.05, 0.1) is 29.9 Å². The van der Waals surface area contributed by atoms with E-state index in [1.807, 2.05) is 0 Å². The molecule has 2 aliphatic heterocycles. The second-order valence-corrected chi connectivity index (χ2v) is 12.5. The van der Waals surface area contributed by atoms with Gasteiger partial charge in [-0.3, -0.25) is 14.5 Å². The fourth-order valence-corrected chi connectivity index (χ4v) is 6.64.